The van der Waals surface area contributed by atoms with Crippen molar-refractivity contribution in [2.24, 2.45) is 10.4 Å². The second-order valence-corrected chi connectivity index (χ2v) is 7.89. The topological polar surface area (TPSA) is 174 Å². The Morgan fingerprint density at radius 3 is 1.20 bits per heavy atom. The van der Waals surface area contributed by atoms with Crippen molar-refractivity contribution >= 4 is 15.2 Å². The normalized spacial score (nSPS) is 15.6. The second-order valence-electron chi connectivity index (χ2n) is 4.34. The molecule has 2 unspecified atom stereocenters. The van der Waals surface area contributed by atoms with Gasteiger partial charge in [0.15, 0.2) is 11.6 Å². The molecule has 118 valence electrons. The molecule has 0 aromatic rings. The molecule has 0 aliphatic rings. The summed E-state index contributed by atoms with van der Waals surface area (Å²) in [5, 5.41) is 4.76. The van der Waals surface area contributed by atoms with Crippen LogP contribution in [0.2, 0.25) is 0 Å². The van der Waals surface area contributed by atoms with Crippen molar-refractivity contribution < 1.29 is 28.7 Å². The van der Waals surface area contributed by atoms with Gasteiger partial charge in [-0.25, -0.2) is 0 Å². The molecule has 0 radical (unpaired) electrons. The lowest BCUT2D eigenvalue weighted by Crippen LogP contribution is -2.05. The van der Waals surface area contributed by atoms with Crippen LogP contribution >= 0.6 is 15.2 Å². The molecule has 0 aromatic heterocycles. The number of nitroso groups, excluding NO2 is 2. The van der Waals surface area contributed by atoms with Crippen molar-refractivity contribution in [1.82, 2.24) is 0 Å². The molecule has 0 heterocycles. The first-order chi connectivity index (χ1) is 9.12. The van der Waals surface area contributed by atoms with Gasteiger partial charge in [0, 0.05) is 0 Å². The van der Waals surface area contributed by atoms with Gasteiger partial charge >= 0.3 is 15.2 Å². The van der Waals surface area contributed by atoms with Gasteiger partial charge in [-0.3, -0.25) is 9.13 Å². The van der Waals surface area contributed by atoms with Crippen LogP contribution in [0.5, 0.6) is 0 Å². The van der Waals surface area contributed by atoms with E-state index in [-0.39, 0.29) is 12.8 Å². The lowest BCUT2D eigenvalue weighted by molar-refractivity contribution is 0.349. The van der Waals surface area contributed by atoms with Crippen LogP contribution in [0.3, 0.4) is 0 Å². The second kappa shape index (κ2) is 8.71. The van der Waals surface area contributed by atoms with Crippen LogP contribution < -0.4 is 0 Å². The molecule has 0 rings (SSSR count). The third-order valence-electron chi connectivity index (χ3n) is 2.69. The van der Waals surface area contributed by atoms with Gasteiger partial charge in [-0.1, -0.05) is 36.0 Å². The maximum atomic E-state index is 10.8. The summed E-state index contributed by atoms with van der Waals surface area (Å²) in [5.41, 5.74) is 0. The summed E-state index contributed by atoms with van der Waals surface area (Å²) in [7, 11) is -9.03. The third kappa shape index (κ3) is 7.94. The van der Waals surface area contributed by atoms with Gasteiger partial charge in [-0.05, 0) is 12.8 Å². The van der Waals surface area contributed by atoms with E-state index in [1.54, 1.807) is 0 Å². The molecule has 10 nitrogen and oxygen atoms in total. The minimum Gasteiger partial charge on any atom is -0.323 e. The molecule has 12 heteroatoms. The quantitative estimate of drug-likeness (QED) is 0.252. The number of rotatable bonds is 11. The highest BCUT2D eigenvalue weighted by Crippen LogP contribution is 2.45. The van der Waals surface area contributed by atoms with E-state index < -0.39 is 26.8 Å². The molecule has 0 saturated carbocycles. The van der Waals surface area contributed by atoms with Crippen molar-refractivity contribution in [1.29, 1.82) is 0 Å². The van der Waals surface area contributed by atoms with Gasteiger partial charge in [0.25, 0.3) is 0 Å². The van der Waals surface area contributed by atoms with Crippen LogP contribution in [0.15, 0.2) is 10.4 Å². The molecule has 0 spiro atoms. The molecular formula is C8H18N2O8P2. The van der Waals surface area contributed by atoms with Crippen molar-refractivity contribution in [2.45, 2.75) is 50.1 Å². The Bertz CT molecular complexity index is 367. The van der Waals surface area contributed by atoms with E-state index in [1.165, 1.54) is 0 Å². The highest BCUT2D eigenvalue weighted by atomic mass is 31.2. The van der Waals surface area contributed by atoms with E-state index in [0.29, 0.717) is 25.7 Å². The lowest BCUT2D eigenvalue weighted by atomic mass is 10.1. The summed E-state index contributed by atoms with van der Waals surface area (Å²) in [6.45, 7) is 0. The fourth-order valence-corrected chi connectivity index (χ4v) is 2.86. The van der Waals surface area contributed by atoms with Crippen molar-refractivity contribution in [3.8, 4) is 0 Å². The first-order valence-electron chi connectivity index (χ1n) is 5.88. The molecular weight excluding hydrogens is 314 g/mol. The first-order valence-corrected chi connectivity index (χ1v) is 9.24. The van der Waals surface area contributed by atoms with E-state index in [9.17, 15) is 18.9 Å². The van der Waals surface area contributed by atoms with E-state index in [4.69, 9.17) is 19.6 Å². The molecule has 0 amide bonds. The highest BCUT2D eigenvalue weighted by Gasteiger charge is 2.30. The molecule has 0 saturated heterocycles. The molecule has 0 aliphatic heterocycles. The summed E-state index contributed by atoms with van der Waals surface area (Å²) in [4.78, 5) is 55.5. The monoisotopic (exact) mass is 332 g/mol. The third-order valence-corrected chi connectivity index (χ3v) is 4.95. The summed E-state index contributed by atoms with van der Waals surface area (Å²) in [6, 6.07) is 0. The van der Waals surface area contributed by atoms with Crippen LogP contribution in [-0.4, -0.2) is 31.1 Å². The SMILES string of the molecule is O=NC(CCCCCCC(N=O)P(=O)(O)O)P(=O)(O)O. The molecule has 0 aliphatic carbocycles. The number of nitrogens with zero attached hydrogens (tertiary/aromatic N) is 2. The minimum atomic E-state index is -4.51. The largest absolute Gasteiger partial charge is 0.353 e. The highest BCUT2D eigenvalue weighted by molar-refractivity contribution is 7.52. The average Bonchev–Trinajstić information content (AvgIpc) is 2.29. The zero-order valence-electron chi connectivity index (χ0n) is 10.6. The van der Waals surface area contributed by atoms with Gasteiger partial charge in [-0.2, -0.15) is 0 Å². The Hall–Kier alpha value is -0.500. The fourth-order valence-electron chi connectivity index (χ4n) is 1.57. The summed E-state index contributed by atoms with van der Waals surface area (Å²) >= 11 is 0. The summed E-state index contributed by atoms with van der Waals surface area (Å²) in [5.74, 6) is -3.11. The Kier molecular flexibility index (Phi) is 8.50. The molecule has 0 fully saturated rings. The number of unbranched alkanes of at least 4 members (excludes halogenated alkanes) is 3. The van der Waals surface area contributed by atoms with Crippen molar-refractivity contribution in [3.05, 3.63) is 9.81 Å². The standard InChI is InChI=1S/C8H18N2O8P2/c11-9-7(19(13,14)15)5-3-1-2-4-6-8(10-12)20(16,17)18/h7-8H,1-6H2,(H2,13,14,15)(H2,16,17,18). The summed E-state index contributed by atoms with van der Waals surface area (Å²) in [6.07, 6.45) is 1.58. The molecule has 20 heavy (non-hydrogen) atoms. The van der Waals surface area contributed by atoms with E-state index in [0.717, 1.165) is 0 Å². The maximum Gasteiger partial charge on any atom is 0.353 e. The fraction of sp³-hybridized carbons (Fsp3) is 1.00. The average molecular weight is 332 g/mol. The Labute approximate surface area is 115 Å². The van der Waals surface area contributed by atoms with Crippen LogP contribution in [0, 0.1) is 9.81 Å². The van der Waals surface area contributed by atoms with Crippen LogP contribution in [0.1, 0.15) is 38.5 Å². The van der Waals surface area contributed by atoms with E-state index in [1.807, 2.05) is 0 Å². The number of hydrogen-bond donors (Lipinski definition) is 4. The van der Waals surface area contributed by atoms with Gasteiger partial charge in [0.05, 0.1) is 0 Å². The lowest BCUT2D eigenvalue weighted by Gasteiger charge is -2.11. The zero-order valence-corrected chi connectivity index (χ0v) is 12.4. The Morgan fingerprint density at radius 2 is 1.00 bits per heavy atom. The number of hydrogen-bond acceptors (Lipinski definition) is 6. The predicted molar refractivity (Wildman–Crippen MR) is 71.0 cm³/mol. The molecule has 4 N–H and O–H groups in total. The maximum absolute atomic E-state index is 10.8. The van der Waals surface area contributed by atoms with Gasteiger partial charge in [-0.15, -0.1) is 9.81 Å². The summed E-state index contributed by atoms with van der Waals surface area (Å²) < 4.78 is 21.6. The minimum absolute atomic E-state index is 0.0539. The molecule has 0 aromatic carbocycles. The molecule has 2 atom stereocenters. The van der Waals surface area contributed by atoms with E-state index >= 15 is 0 Å². The Balaban J connectivity index is 3.88. The predicted octanol–water partition coefficient (Wildman–Crippen LogP) is 1.87. The molecule has 0 bridgehead atoms. The van der Waals surface area contributed by atoms with E-state index in [2.05, 4.69) is 10.4 Å². The zero-order chi connectivity index (χ0) is 15.8. The van der Waals surface area contributed by atoms with Gasteiger partial charge in [0.2, 0.25) is 0 Å². The van der Waals surface area contributed by atoms with Crippen molar-refractivity contribution in [2.75, 3.05) is 0 Å². The Morgan fingerprint density at radius 1 is 0.700 bits per heavy atom. The van der Waals surface area contributed by atoms with Crippen LogP contribution in [-0.2, 0) is 9.13 Å². The van der Waals surface area contributed by atoms with Crippen LogP contribution in [0.4, 0.5) is 0 Å². The van der Waals surface area contributed by atoms with Gasteiger partial charge in [0.1, 0.15) is 0 Å². The van der Waals surface area contributed by atoms with Gasteiger partial charge < -0.3 is 19.6 Å². The van der Waals surface area contributed by atoms with Crippen LogP contribution in [0.25, 0.3) is 0 Å². The smallest absolute Gasteiger partial charge is 0.323 e. The van der Waals surface area contributed by atoms with Crippen molar-refractivity contribution in [3.63, 3.8) is 0 Å². The first kappa shape index (κ1) is 19.5.